The highest BCUT2D eigenvalue weighted by Gasteiger charge is 2.16. The van der Waals surface area contributed by atoms with Gasteiger partial charge in [0.05, 0.1) is 5.69 Å². The molecule has 3 aromatic carbocycles. The van der Waals surface area contributed by atoms with E-state index in [0.717, 1.165) is 22.6 Å². The molecule has 0 fully saturated rings. The Morgan fingerprint density at radius 1 is 0.893 bits per heavy atom. The van der Waals surface area contributed by atoms with E-state index in [2.05, 4.69) is 17.4 Å². The van der Waals surface area contributed by atoms with Crippen molar-refractivity contribution in [2.24, 2.45) is 0 Å². The molecule has 138 valence electrons. The van der Waals surface area contributed by atoms with Gasteiger partial charge in [0.15, 0.2) is 5.13 Å². The topological polar surface area (TPSA) is 42.0 Å². The lowest BCUT2D eigenvalue weighted by molar-refractivity contribution is 0.102. The number of rotatable bonds is 5. The van der Waals surface area contributed by atoms with E-state index in [1.54, 1.807) is 24.3 Å². The molecular formula is C23H17ClN2OS. The van der Waals surface area contributed by atoms with Crippen LogP contribution in [0, 0.1) is 0 Å². The van der Waals surface area contributed by atoms with Crippen molar-refractivity contribution in [1.29, 1.82) is 0 Å². The first-order valence-corrected chi connectivity index (χ1v) is 10.0. The van der Waals surface area contributed by atoms with Crippen LogP contribution in [0.3, 0.4) is 0 Å². The third-order valence-electron chi connectivity index (χ3n) is 4.28. The molecule has 0 aliphatic heterocycles. The van der Waals surface area contributed by atoms with Crippen LogP contribution in [0.25, 0.3) is 11.3 Å². The largest absolute Gasteiger partial charge is 0.298 e. The zero-order valence-electron chi connectivity index (χ0n) is 14.9. The Labute approximate surface area is 172 Å². The molecule has 1 heterocycles. The van der Waals surface area contributed by atoms with Gasteiger partial charge in [-0.15, -0.1) is 11.3 Å². The zero-order valence-corrected chi connectivity index (χ0v) is 16.5. The second-order valence-corrected chi connectivity index (χ2v) is 7.80. The molecule has 4 aromatic rings. The summed E-state index contributed by atoms with van der Waals surface area (Å²) in [6.45, 7) is 0. The quantitative estimate of drug-likeness (QED) is 0.423. The second kappa shape index (κ2) is 8.38. The minimum Gasteiger partial charge on any atom is -0.298 e. The van der Waals surface area contributed by atoms with Crippen LogP contribution in [0.4, 0.5) is 5.13 Å². The molecule has 0 atom stereocenters. The Kier molecular flexibility index (Phi) is 5.51. The highest BCUT2D eigenvalue weighted by Crippen LogP contribution is 2.33. The fourth-order valence-electron chi connectivity index (χ4n) is 2.90. The molecule has 4 rings (SSSR count). The number of aromatic nitrogens is 1. The van der Waals surface area contributed by atoms with Gasteiger partial charge < -0.3 is 0 Å². The van der Waals surface area contributed by atoms with E-state index < -0.39 is 0 Å². The Morgan fingerprint density at radius 2 is 1.54 bits per heavy atom. The summed E-state index contributed by atoms with van der Waals surface area (Å²) in [6.07, 6.45) is 0.763. The molecule has 0 saturated carbocycles. The number of hydrogen-bond acceptors (Lipinski definition) is 3. The summed E-state index contributed by atoms with van der Waals surface area (Å²) in [4.78, 5) is 18.4. The lowest BCUT2D eigenvalue weighted by Gasteiger charge is -2.02. The first-order chi connectivity index (χ1) is 13.7. The molecule has 0 aliphatic carbocycles. The van der Waals surface area contributed by atoms with Crippen molar-refractivity contribution in [3.05, 3.63) is 106 Å². The van der Waals surface area contributed by atoms with Crippen molar-refractivity contribution >= 4 is 34.0 Å². The van der Waals surface area contributed by atoms with Crippen LogP contribution in [-0.2, 0) is 6.42 Å². The van der Waals surface area contributed by atoms with Crippen LogP contribution in [0.2, 0.25) is 5.02 Å². The van der Waals surface area contributed by atoms with Crippen LogP contribution in [0.1, 0.15) is 20.8 Å². The average molecular weight is 405 g/mol. The minimum absolute atomic E-state index is 0.198. The summed E-state index contributed by atoms with van der Waals surface area (Å²) in [7, 11) is 0. The fourth-order valence-corrected chi connectivity index (χ4v) is 4.04. The molecule has 1 aromatic heterocycles. The van der Waals surface area contributed by atoms with E-state index in [1.165, 1.54) is 16.9 Å². The van der Waals surface area contributed by atoms with Gasteiger partial charge in [-0.3, -0.25) is 10.1 Å². The lowest BCUT2D eigenvalue weighted by Crippen LogP contribution is -2.11. The average Bonchev–Trinajstić information content (AvgIpc) is 3.12. The third-order valence-corrected chi connectivity index (χ3v) is 5.50. The first-order valence-electron chi connectivity index (χ1n) is 8.85. The maximum atomic E-state index is 12.6. The van der Waals surface area contributed by atoms with Gasteiger partial charge >= 0.3 is 0 Å². The van der Waals surface area contributed by atoms with Crippen molar-refractivity contribution in [2.45, 2.75) is 6.42 Å². The number of thiazole rings is 1. The number of carbonyl (C=O) groups excluding carboxylic acids is 1. The number of anilines is 1. The molecule has 28 heavy (non-hydrogen) atoms. The maximum absolute atomic E-state index is 12.6. The minimum atomic E-state index is -0.198. The number of amides is 1. The van der Waals surface area contributed by atoms with E-state index in [1.807, 2.05) is 48.5 Å². The highest BCUT2D eigenvalue weighted by atomic mass is 35.5. The summed E-state index contributed by atoms with van der Waals surface area (Å²) in [5, 5.41) is 4.11. The van der Waals surface area contributed by atoms with Crippen molar-refractivity contribution in [3.63, 3.8) is 0 Å². The standard InChI is InChI=1S/C23H17ClN2OS/c24-19-13-11-18(12-14-19)22(27)26-23-25-21(17-9-5-2-6-10-17)20(28-23)15-16-7-3-1-4-8-16/h1-14H,15H2,(H,25,26,27). The van der Waals surface area contributed by atoms with Gasteiger partial charge in [0.1, 0.15) is 0 Å². The Morgan fingerprint density at radius 3 is 2.21 bits per heavy atom. The summed E-state index contributed by atoms with van der Waals surface area (Å²) in [6, 6.07) is 27.1. The first kappa shape index (κ1) is 18.4. The van der Waals surface area contributed by atoms with Crippen molar-refractivity contribution in [2.75, 3.05) is 5.32 Å². The second-order valence-electron chi connectivity index (χ2n) is 6.28. The van der Waals surface area contributed by atoms with E-state index in [4.69, 9.17) is 16.6 Å². The van der Waals surface area contributed by atoms with Crippen LogP contribution < -0.4 is 5.32 Å². The highest BCUT2D eigenvalue weighted by molar-refractivity contribution is 7.16. The Bertz CT molecular complexity index is 1080. The molecule has 1 N–H and O–H groups in total. The summed E-state index contributed by atoms with van der Waals surface area (Å²) >= 11 is 7.41. The Hall–Kier alpha value is -2.95. The smallest absolute Gasteiger partial charge is 0.257 e. The number of carbonyl (C=O) groups is 1. The number of halogens is 1. The number of nitrogens with zero attached hydrogens (tertiary/aromatic N) is 1. The predicted octanol–water partition coefficient (Wildman–Crippen LogP) is 6.31. The van der Waals surface area contributed by atoms with Crippen molar-refractivity contribution in [3.8, 4) is 11.3 Å². The van der Waals surface area contributed by atoms with Gasteiger partial charge in [0.2, 0.25) is 0 Å². The van der Waals surface area contributed by atoms with Gasteiger partial charge in [-0.2, -0.15) is 0 Å². The van der Waals surface area contributed by atoms with Gasteiger partial charge in [0.25, 0.3) is 5.91 Å². The molecule has 1 amide bonds. The molecule has 5 heteroatoms. The maximum Gasteiger partial charge on any atom is 0.257 e. The normalized spacial score (nSPS) is 10.6. The molecule has 0 saturated heterocycles. The van der Waals surface area contributed by atoms with E-state index in [9.17, 15) is 4.79 Å². The van der Waals surface area contributed by atoms with Crippen LogP contribution >= 0.6 is 22.9 Å². The van der Waals surface area contributed by atoms with Gasteiger partial charge in [-0.25, -0.2) is 4.98 Å². The SMILES string of the molecule is O=C(Nc1nc(-c2ccccc2)c(Cc2ccccc2)s1)c1ccc(Cl)cc1. The molecule has 0 unspecified atom stereocenters. The third kappa shape index (κ3) is 4.30. The van der Waals surface area contributed by atoms with Gasteiger partial charge in [0, 0.05) is 27.4 Å². The Balaban J connectivity index is 1.64. The lowest BCUT2D eigenvalue weighted by atomic mass is 10.1. The van der Waals surface area contributed by atoms with E-state index in [-0.39, 0.29) is 5.91 Å². The van der Waals surface area contributed by atoms with E-state index >= 15 is 0 Å². The monoisotopic (exact) mass is 404 g/mol. The van der Waals surface area contributed by atoms with Crippen LogP contribution in [-0.4, -0.2) is 10.9 Å². The predicted molar refractivity (Wildman–Crippen MR) is 116 cm³/mol. The molecule has 0 bridgehead atoms. The number of benzene rings is 3. The fraction of sp³-hybridized carbons (Fsp3) is 0.0435. The van der Waals surface area contributed by atoms with Gasteiger partial charge in [-0.1, -0.05) is 72.3 Å². The van der Waals surface area contributed by atoms with E-state index in [0.29, 0.717) is 15.7 Å². The molecule has 3 nitrogen and oxygen atoms in total. The number of hydrogen-bond donors (Lipinski definition) is 1. The molecule has 0 aliphatic rings. The molecular weight excluding hydrogens is 388 g/mol. The van der Waals surface area contributed by atoms with Crippen molar-refractivity contribution < 1.29 is 4.79 Å². The summed E-state index contributed by atoms with van der Waals surface area (Å²) in [5.74, 6) is -0.198. The number of nitrogens with one attached hydrogen (secondary N) is 1. The van der Waals surface area contributed by atoms with Gasteiger partial charge in [-0.05, 0) is 29.8 Å². The zero-order chi connectivity index (χ0) is 19.3. The summed E-state index contributed by atoms with van der Waals surface area (Å²) < 4.78 is 0. The summed E-state index contributed by atoms with van der Waals surface area (Å²) in [5.41, 5.74) is 3.70. The van der Waals surface area contributed by atoms with Crippen molar-refractivity contribution in [1.82, 2.24) is 4.98 Å². The molecule has 0 radical (unpaired) electrons. The van der Waals surface area contributed by atoms with Crippen LogP contribution in [0.15, 0.2) is 84.9 Å². The van der Waals surface area contributed by atoms with Crippen LogP contribution in [0.5, 0.6) is 0 Å². The molecule has 0 spiro atoms.